The van der Waals surface area contributed by atoms with Crippen LogP contribution in [0.25, 0.3) is 0 Å². The lowest BCUT2D eigenvalue weighted by Crippen LogP contribution is -2.43. The van der Waals surface area contributed by atoms with E-state index in [4.69, 9.17) is 23.2 Å². The number of halogens is 2. The second-order valence-corrected chi connectivity index (χ2v) is 8.88. The Labute approximate surface area is 185 Å². The summed E-state index contributed by atoms with van der Waals surface area (Å²) < 4.78 is 0. The van der Waals surface area contributed by atoms with Crippen molar-refractivity contribution in [2.45, 2.75) is 46.1 Å². The lowest BCUT2D eigenvalue weighted by atomic mass is 9.74. The Morgan fingerprint density at radius 2 is 2.13 bits per heavy atom. The topological polar surface area (TPSA) is 95.4 Å². The van der Waals surface area contributed by atoms with Gasteiger partial charge in [0.25, 0.3) is 0 Å². The summed E-state index contributed by atoms with van der Waals surface area (Å²) in [4.78, 5) is 35.4. The van der Waals surface area contributed by atoms with Gasteiger partial charge in [-0.05, 0) is 24.3 Å². The number of nitrogens with zero attached hydrogens (tertiary/aromatic N) is 3. The number of aromatic nitrogens is 2. The number of carbonyl (C=O) groups is 2. The largest absolute Gasteiger partial charge is 0.492 e. The molecule has 1 aromatic rings. The smallest absolute Gasteiger partial charge is 0.240 e. The van der Waals surface area contributed by atoms with Crippen LogP contribution in [0.5, 0.6) is 5.88 Å². The maximum Gasteiger partial charge on any atom is 0.240 e. The van der Waals surface area contributed by atoms with Gasteiger partial charge in [0.2, 0.25) is 11.8 Å². The average Bonchev–Trinajstić information content (AvgIpc) is 2.76. The van der Waals surface area contributed by atoms with Crippen LogP contribution >= 0.6 is 23.2 Å². The summed E-state index contributed by atoms with van der Waals surface area (Å²) in [6.45, 7) is 5.43. The van der Waals surface area contributed by atoms with Gasteiger partial charge in [0.15, 0.2) is 17.3 Å². The number of nitrogens with one attached hydrogen (secondary N) is 1. The maximum absolute atomic E-state index is 13.2. The van der Waals surface area contributed by atoms with E-state index >= 15 is 0 Å². The molecule has 0 saturated heterocycles. The van der Waals surface area contributed by atoms with E-state index in [-0.39, 0.29) is 34.6 Å². The van der Waals surface area contributed by atoms with Crippen molar-refractivity contribution in [3.05, 3.63) is 40.9 Å². The predicted octanol–water partition coefficient (Wildman–Crippen LogP) is 4.28. The highest BCUT2D eigenvalue weighted by Crippen LogP contribution is 2.45. The van der Waals surface area contributed by atoms with E-state index in [1.165, 1.54) is 18.2 Å². The van der Waals surface area contributed by atoms with Gasteiger partial charge in [-0.25, -0.2) is 4.98 Å². The lowest BCUT2D eigenvalue weighted by molar-refractivity contribution is -0.118. The second-order valence-electron chi connectivity index (χ2n) is 8.14. The monoisotopic (exact) mass is 450 g/mol. The number of rotatable bonds is 4. The van der Waals surface area contributed by atoms with Gasteiger partial charge in [0.1, 0.15) is 6.33 Å². The first-order chi connectivity index (χ1) is 14.1. The van der Waals surface area contributed by atoms with Crippen LogP contribution in [0.1, 0.15) is 40.0 Å². The quantitative estimate of drug-likeness (QED) is 0.524. The highest BCUT2D eigenvalue weighted by molar-refractivity contribution is 6.31. The van der Waals surface area contributed by atoms with Crippen molar-refractivity contribution in [3.8, 4) is 5.88 Å². The van der Waals surface area contributed by atoms with E-state index in [0.29, 0.717) is 41.4 Å². The molecule has 2 heterocycles. The number of allylic oxidation sites excluding steroid dienone is 4. The first-order valence-electron chi connectivity index (χ1n) is 9.60. The van der Waals surface area contributed by atoms with Crippen molar-refractivity contribution in [1.29, 1.82) is 0 Å². The van der Waals surface area contributed by atoms with E-state index in [9.17, 15) is 14.7 Å². The molecule has 1 amide bonds. The van der Waals surface area contributed by atoms with Gasteiger partial charge in [-0.1, -0.05) is 37.6 Å². The number of hydrogen-bond donors (Lipinski definition) is 2. The van der Waals surface area contributed by atoms with Crippen LogP contribution in [0.15, 0.2) is 40.9 Å². The molecule has 1 aliphatic carbocycles. The molecular weight excluding hydrogens is 427 g/mol. The molecule has 160 valence electrons. The Morgan fingerprint density at radius 3 is 2.80 bits per heavy atom. The van der Waals surface area contributed by atoms with Crippen molar-refractivity contribution < 1.29 is 14.7 Å². The zero-order valence-electron chi connectivity index (χ0n) is 17.1. The molecule has 7 nitrogen and oxygen atoms in total. The Bertz CT molecular complexity index is 969. The number of alkyl halides is 1. The summed E-state index contributed by atoms with van der Waals surface area (Å²) in [6.07, 6.45) is 7.61. The molecule has 1 unspecified atom stereocenters. The summed E-state index contributed by atoms with van der Waals surface area (Å²) >= 11 is 11.8. The third-order valence-corrected chi connectivity index (χ3v) is 5.56. The Balaban J connectivity index is 2.16. The third kappa shape index (κ3) is 4.52. The molecule has 30 heavy (non-hydrogen) atoms. The van der Waals surface area contributed by atoms with Crippen LogP contribution in [0, 0.1) is 5.41 Å². The first kappa shape index (κ1) is 22.3. The fraction of sp³-hybridized carbons (Fsp3) is 0.429. The molecule has 0 fully saturated rings. The molecule has 9 heteroatoms. The van der Waals surface area contributed by atoms with E-state index in [0.717, 1.165) is 0 Å². The molecule has 0 saturated carbocycles. The SMILES string of the molecule is CC(=O)N1c2c(O)ncnc2NC2=C(C(=O)CC(C)(C)C2)C1C/C=C\C(Cl)=C/CCl. The Hall–Kier alpha value is -2.38. The van der Waals surface area contributed by atoms with Gasteiger partial charge < -0.3 is 10.4 Å². The summed E-state index contributed by atoms with van der Waals surface area (Å²) in [5.74, 6) is -0.140. The van der Waals surface area contributed by atoms with Gasteiger partial charge in [0, 0.05) is 35.5 Å². The van der Waals surface area contributed by atoms with Crippen LogP contribution in [0.3, 0.4) is 0 Å². The van der Waals surface area contributed by atoms with E-state index in [1.54, 1.807) is 18.2 Å². The van der Waals surface area contributed by atoms with Crippen molar-refractivity contribution in [2.24, 2.45) is 5.41 Å². The molecule has 0 spiro atoms. The highest BCUT2D eigenvalue weighted by atomic mass is 35.5. The summed E-state index contributed by atoms with van der Waals surface area (Å²) in [5, 5.41) is 14.1. The number of anilines is 2. The fourth-order valence-corrected chi connectivity index (χ4v) is 4.41. The minimum absolute atomic E-state index is 0.0407. The number of carbonyl (C=O) groups excluding carboxylic acids is 2. The van der Waals surface area contributed by atoms with Gasteiger partial charge in [-0.2, -0.15) is 4.98 Å². The van der Waals surface area contributed by atoms with Crippen LogP contribution in [0.4, 0.5) is 11.5 Å². The summed E-state index contributed by atoms with van der Waals surface area (Å²) in [7, 11) is 0. The number of Topliss-reactive ketones (excluding diaryl/α,β-unsaturated/α-hetero) is 1. The molecule has 1 aromatic heterocycles. The van der Waals surface area contributed by atoms with Crippen molar-refractivity contribution in [3.63, 3.8) is 0 Å². The second kappa shape index (κ2) is 8.78. The van der Waals surface area contributed by atoms with Gasteiger partial charge in [-0.15, -0.1) is 11.6 Å². The molecule has 3 rings (SSSR count). The molecule has 0 bridgehead atoms. The predicted molar refractivity (Wildman–Crippen MR) is 118 cm³/mol. The van der Waals surface area contributed by atoms with E-state index < -0.39 is 6.04 Å². The minimum atomic E-state index is -0.636. The lowest BCUT2D eigenvalue weighted by Gasteiger charge is -2.36. The zero-order valence-corrected chi connectivity index (χ0v) is 18.6. The Morgan fingerprint density at radius 1 is 1.40 bits per heavy atom. The molecule has 1 aliphatic heterocycles. The van der Waals surface area contributed by atoms with Gasteiger partial charge in [0.05, 0.1) is 6.04 Å². The normalized spacial score (nSPS) is 21.2. The van der Waals surface area contributed by atoms with Crippen molar-refractivity contribution in [1.82, 2.24) is 9.97 Å². The molecule has 0 aromatic carbocycles. The summed E-state index contributed by atoms with van der Waals surface area (Å²) in [6, 6.07) is -0.636. The van der Waals surface area contributed by atoms with Crippen LogP contribution in [0.2, 0.25) is 0 Å². The molecular formula is C21H24Cl2N4O3. The third-order valence-electron chi connectivity index (χ3n) is 5.13. The maximum atomic E-state index is 13.2. The number of ketones is 1. The number of hydrogen-bond acceptors (Lipinski definition) is 6. The van der Waals surface area contributed by atoms with Gasteiger partial charge >= 0.3 is 0 Å². The molecule has 1 atom stereocenters. The van der Waals surface area contributed by atoms with E-state index in [1.807, 2.05) is 13.8 Å². The van der Waals surface area contributed by atoms with Crippen molar-refractivity contribution in [2.75, 3.05) is 16.1 Å². The van der Waals surface area contributed by atoms with E-state index in [2.05, 4.69) is 15.3 Å². The number of fused-ring (bicyclic) bond motifs is 1. The average molecular weight is 451 g/mol. The minimum Gasteiger partial charge on any atom is -0.492 e. The fourth-order valence-electron chi connectivity index (χ4n) is 3.99. The van der Waals surface area contributed by atoms with Crippen LogP contribution in [-0.2, 0) is 9.59 Å². The summed E-state index contributed by atoms with van der Waals surface area (Å²) in [5.41, 5.74) is 1.14. The zero-order chi connectivity index (χ0) is 22.1. The Kier molecular flexibility index (Phi) is 6.53. The van der Waals surface area contributed by atoms with Crippen LogP contribution in [-0.4, -0.2) is 38.7 Å². The van der Waals surface area contributed by atoms with Crippen LogP contribution < -0.4 is 10.2 Å². The van der Waals surface area contributed by atoms with Gasteiger partial charge in [-0.3, -0.25) is 14.5 Å². The van der Waals surface area contributed by atoms with Crippen molar-refractivity contribution >= 4 is 46.4 Å². The highest BCUT2D eigenvalue weighted by Gasteiger charge is 2.42. The first-order valence-corrected chi connectivity index (χ1v) is 10.5. The standard InChI is InChI=1S/C21H24Cl2N4O3/c1-12(28)27-15(6-4-5-13(23)7-8-22)17-14(9-21(2,3)10-16(17)29)26-19-18(27)20(30)25-11-24-19/h4-5,7,11,15H,6,8-10H2,1-3H3,(H2,24,25,26,30)/b5-4-,13-7+. The molecule has 2 N–H and O–H groups in total. The molecule has 0 radical (unpaired) electrons. The number of amides is 1. The molecule has 2 aliphatic rings. The number of aromatic hydroxyl groups is 1.